The third kappa shape index (κ3) is 4.00. The molecular formula is C16H23NO4S. The lowest BCUT2D eigenvalue weighted by Crippen LogP contribution is -2.40. The summed E-state index contributed by atoms with van der Waals surface area (Å²) in [6, 6.07) is 7.42. The maximum Gasteiger partial charge on any atom is 0.260 e. The number of ether oxygens (including phenoxy) is 1. The van der Waals surface area contributed by atoms with Crippen LogP contribution in [0, 0.1) is 0 Å². The van der Waals surface area contributed by atoms with Crippen molar-refractivity contribution in [2.75, 3.05) is 25.2 Å². The fraction of sp³-hybridized carbons (Fsp3) is 0.562. The van der Waals surface area contributed by atoms with Gasteiger partial charge in [-0.05, 0) is 24.0 Å². The summed E-state index contributed by atoms with van der Waals surface area (Å²) in [4.78, 5) is 13.7. The Morgan fingerprint density at radius 1 is 1.36 bits per heavy atom. The summed E-state index contributed by atoms with van der Waals surface area (Å²) < 4.78 is 28.6. The van der Waals surface area contributed by atoms with Crippen molar-refractivity contribution < 1.29 is 17.9 Å². The molecule has 1 saturated heterocycles. The Morgan fingerprint density at radius 2 is 2.05 bits per heavy atom. The van der Waals surface area contributed by atoms with E-state index in [4.69, 9.17) is 4.74 Å². The van der Waals surface area contributed by atoms with Gasteiger partial charge in [0.15, 0.2) is 16.4 Å². The molecule has 1 aliphatic heterocycles. The zero-order chi connectivity index (χ0) is 16.3. The smallest absolute Gasteiger partial charge is 0.260 e. The van der Waals surface area contributed by atoms with Gasteiger partial charge in [0.25, 0.3) is 5.91 Å². The van der Waals surface area contributed by atoms with Crippen LogP contribution in [0.1, 0.15) is 31.7 Å². The third-order valence-electron chi connectivity index (χ3n) is 4.04. The molecule has 0 spiro atoms. The normalized spacial score (nSPS) is 20.1. The monoisotopic (exact) mass is 325 g/mol. The summed E-state index contributed by atoms with van der Waals surface area (Å²) in [6.07, 6.45) is 0.507. The van der Waals surface area contributed by atoms with Crippen LogP contribution in [-0.2, 0) is 14.6 Å². The minimum absolute atomic E-state index is 0.0534. The number of para-hydroxylation sites is 1. The first-order valence-corrected chi connectivity index (χ1v) is 9.30. The number of carbonyl (C=O) groups is 1. The van der Waals surface area contributed by atoms with Gasteiger partial charge in [-0.2, -0.15) is 0 Å². The summed E-state index contributed by atoms with van der Waals surface area (Å²) in [7, 11) is -1.35. The Labute approximate surface area is 132 Å². The molecule has 1 fully saturated rings. The second-order valence-corrected chi connectivity index (χ2v) is 8.27. The molecule has 122 valence electrons. The molecule has 0 saturated carbocycles. The predicted molar refractivity (Wildman–Crippen MR) is 85.9 cm³/mol. The van der Waals surface area contributed by atoms with Gasteiger partial charge in [-0.3, -0.25) is 4.79 Å². The van der Waals surface area contributed by atoms with Crippen molar-refractivity contribution in [2.24, 2.45) is 0 Å². The van der Waals surface area contributed by atoms with E-state index in [1.165, 1.54) is 4.90 Å². The number of amides is 1. The highest BCUT2D eigenvalue weighted by Gasteiger charge is 2.32. The van der Waals surface area contributed by atoms with Gasteiger partial charge in [0, 0.05) is 13.1 Å². The molecule has 1 atom stereocenters. The Hall–Kier alpha value is -1.56. The molecule has 1 heterocycles. The van der Waals surface area contributed by atoms with Crippen LogP contribution in [0.3, 0.4) is 0 Å². The average molecular weight is 325 g/mol. The zero-order valence-corrected chi connectivity index (χ0v) is 14.1. The molecule has 1 aromatic carbocycles. The van der Waals surface area contributed by atoms with E-state index >= 15 is 0 Å². The second kappa shape index (κ2) is 6.69. The number of hydrogen-bond acceptors (Lipinski definition) is 4. The Kier molecular flexibility index (Phi) is 5.11. The largest absolute Gasteiger partial charge is 0.483 e. The second-order valence-electron chi connectivity index (χ2n) is 6.04. The fourth-order valence-electron chi connectivity index (χ4n) is 2.61. The highest BCUT2D eigenvalue weighted by Crippen LogP contribution is 2.26. The summed E-state index contributed by atoms with van der Waals surface area (Å²) in [6.45, 7) is 4.07. The van der Waals surface area contributed by atoms with Crippen molar-refractivity contribution in [3.05, 3.63) is 29.8 Å². The maximum absolute atomic E-state index is 12.2. The average Bonchev–Trinajstić information content (AvgIpc) is 2.84. The van der Waals surface area contributed by atoms with Gasteiger partial charge in [-0.1, -0.05) is 32.0 Å². The molecule has 2 rings (SSSR count). The lowest BCUT2D eigenvalue weighted by molar-refractivity contribution is -0.133. The molecule has 1 aromatic rings. The topological polar surface area (TPSA) is 63.7 Å². The van der Waals surface area contributed by atoms with Crippen LogP contribution in [-0.4, -0.2) is 50.4 Å². The molecule has 0 N–H and O–H groups in total. The number of rotatable bonds is 5. The molecule has 1 aliphatic rings. The molecule has 1 amide bonds. The summed E-state index contributed by atoms with van der Waals surface area (Å²) in [5.74, 6) is 1.03. The van der Waals surface area contributed by atoms with Crippen molar-refractivity contribution in [1.82, 2.24) is 4.90 Å². The molecule has 0 aromatic heterocycles. The summed E-state index contributed by atoms with van der Waals surface area (Å²) in [5, 5.41) is 0. The lowest BCUT2D eigenvalue weighted by atomic mass is 10.0. The molecule has 0 bridgehead atoms. The molecule has 22 heavy (non-hydrogen) atoms. The van der Waals surface area contributed by atoms with Crippen LogP contribution in [0.2, 0.25) is 0 Å². The summed E-state index contributed by atoms with van der Waals surface area (Å²) >= 11 is 0. The van der Waals surface area contributed by atoms with Crippen molar-refractivity contribution in [2.45, 2.75) is 32.2 Å². The zero-order valence-electron chi connectivity index (χ0n) is 13.3. The van der Waals surface area contributed by atoms with Crippen LogP contribution in [0.4, 0.5) is 0 Å². The number of benzene rings is 1. The van der Waals surface area contributed by atoms with Gasteiger partial charge in [0.1, 0.15) is 5.75 Å². The number of nitrogens with zero attached hydrogens (tertiary/aromatic N) is 1. The van der Waals surface area contributed by atoms with Crippen molar-refractivity contribution in [3.8, 4) is 5.75 Å². The molecule has 5 nitrogen and oxygen atoms in total. The SMILES string of the molecule is CC(C)c1ccccc1OCC(=O)N(C)C1CCS(=O)(=O)C1. The lowest BCUT2D eigenvalue weighted by Gasteiger charge is -2.23. The first-order valence-electron chi connectivity index (χ1n) is 7.48. The molecule has 0 radical (unpaired) electrons. The van der Waals surface area contributed by atoms with Crippen molar-refractivity contribution in [1.29, 1.82) is 0 Å². The minimum atomic E-state index is -2.99. The fourth-order valence-corrected chi connectivity index (χ4v) is 4.39. The van der Waals surface area contributed by atoms with Crippen LogP contribution < -0.4 is 4.74 Å². The van der Waals surface area contributed by atoms with Crippen LogP contribution in [0.15, 0.2) is 24.3 Å². The first kappa shape index (κ1) is 16.8. The molecular weight excluding hydrogens is 302 g/mol. The van der Waals surface area contributed by atoms with Crippen LogP contribution >= 0.6 is 0 Å². The van der Waals surface area contributed by atoms with E-state index in [0.29, 0.717) is 18.1 Å². The van der Waals surface area contributed by atoms with E-state index in [1.54, 1.807) is 7.05 Å². The van der Waals surface area contributed by atoms with E-state index in [0.717, 1.165) is 5.56 Å². The quantitative estimate of drug-likeness (QED) is 0.828. The number of sulfone groups is 1. The highest BCUT2D eigenvalue weighted by molar-refractivity contribution is 7.91. The number of hydrogen-bond donors (Lipinski definition) is 0. The minimum Gasteiger partial charge on any atom is -0.483 e. The van der Waals surface area contributed by atoms with E-state index in [2.05, 4.69) is 13.8 Å². The Morgan fingerprint density at radius 3 is 2.64 bits per heavy atom. The van der Waals surface area contributed by atoms with E-state index in [1.807, 2.05) is 24.3 Å². The molecule has 0 aliphatic carbocycles. The Bertz CT molecular complexity index is 639. The predicted octanol–water partition coefficient (Wildman–Crippen LogP) is 1.83. The van der Waals surface area contributed by atoms with E-state index in [-0.39, 0.29) is 30.1 Å². The van der Waals surface area contributed by atoms with E-state index in [9.17, 15) is 13.2 Å². The summed E-state index contributed by atoms with van der Waals surface area (Å²) in [5.41, 5.74) is 1.06. The van der Waals surface area contributed by atoms with E-state index < -0.39 is 9.84 Å². The first-order chi connectivity index (χ1) is 10.3. The maximum atomic E-state index is 12.2. The number of likely N-dealkylation sites (N-methyl/N-ethyl adjacent to an activating group) is 1. The molecule has 1 unspecified atom stereocenters. The molecule has 6 heteroatoms. The van der Waals surface area contributed by atoms with Gasteiger partial charge >= 0.3 is 0 Å². The third-order valence-corrected chi connectivity index (χ3v) is 5.79. The van der Waals surface area contributed by atoms with Crippen molar-refractivity contribution in [3.63, 3.8) is 0 Å². The van der Waals surface area contributed by atoms with Gasteiger partial charge in [0.2, 0.25) is 0 Å². The van der Waals surface area contributed by atoms with Crippen molar-refractivity contribution >= 4 is 15.7 Å². The highest BCUT2D eigenvalue weighted by atomic mass is 32.2. The van der Waals surface area contributed by atoms with Gasteiger partial charge in [0.05, 0.1) is 11.5 Å². The van der Waals surface area contributed by atoms with Gasteiger partial charge < -0.3 is 9.64 Å². The van der Waals surface area contributed by atoms with Gasteiger partial charge in [-0.15, -0.1) is 0 Å². The Balaban J connectivity index is 1.96. The number of carbonyl (C=O) groups excluding carboxylic acids is 1. The van der Waals surface area contributed by atoms with Gasteiger partial charge in [-0.25, -0.2) is 8.42 Å². The van der Waals surface area contributed by atoms with Crippen LogP contribution in [0.5, 0.6) is 5.75 Å². The standard InChI is InChI=1S/C16H23NO4S/c1-12(2)14-6-4-5-7-15(14)21-10-16(18)17(3)13-8-9-22(19,20)11-13/h4-7,12-13H,8-11H2,1-3H3. The van der Waals surface area contributed by atoms with Crippen LogP contribution in [0.25, 0.3) is 0 Å².